The van der Waals surface area contributed by atoms with E-state index in [0.29, 0.717) is 12.3 Å². The Morgan fingerprint density at radius 2 is 1.88 bits per heavy atom. The van der Waals surface area contributed by atoms with Crippen molar-refractivity contribution in [2.24, 2.45) is 0 Å². The summed E-state index contributed by atoms with van der Waals surface area (Å²) >= 11 is 0. The lowest BCUT2D eigenvalue weighted by Crippen LogP contribution is -1.98. The molecule has 1 aromatic rings. The largest absolute Gasteiger partial charge is 0.294 e. The summed E-state index contributed by atoms with van der Waals surface area (Å²) in [5.74, 6) is 0.726. The third kappa shape index (κ3) is 4.01. The molecule has 0 heterocycles. The summed E-state index contributed by atoms with van der Waals surface area (Å²) in [6.45, 7) is 6.37. The molecule has 0 saturated heterocycles. The van der Waals surface area contributed by atoms with Gasteiger partial charge in [-0.15, -0.1) is 0 Å². The number of hydrogen-bond donors (Lipinski definition) is 0. The molecule has 0 aromatic heterocycles. The van der Waals surface area contributed by atoms with Gasteiger partial charge in [-0.3, -0.25) is 4.79 Å². The van der Waals surface area contributed by atoms with E-state index in [1.54, 1.807) is 6.08 Å². The molecule has 0 radical (unpaired) electrons. The van der Waals surface area contributed by atoms with Crippen LogP contribution in [0.1, 0.15) is 44.2 Å². The Morgan fingerprint density at radius 3 is 2.38 bits per heavy atom. The van der Waals surface area contributed by atoms with E-state index in [0.717, 1.165) is 12.0 Å². The zero-order valence-electron chi connectivity index (χ0n) is 10.4. The molecule has 0 N–H and O–H groups in total. The van der Waals surface area contributed by atoms with Crippen molar-refractivity contribution in [2.45, 2.75) is 39.5 Å². The minimum absolute atomic E-state index is 0.180. The fraction of sp³-hybridized carbons (Fsp3) is 0.400. The van der Waals surface area contributed by atoms with Gasteiger partial charge >= 0.3 is 0 Å². The molecular formula is C15H20O. The molecule has 0 atom stereocenters. The SMILES string of the molecule is CC/C=C/C(=O)Cc1ccc(C(C)C)cc1. The van der Waals surface area contributed by atoms with E-state index in [1.807, 2.05) is 25.1 Å². The Morgan fingerprint density at radius 1 is 1.25 bits per heavy atom. The topological polar surface area (TPSA) is 17.1 Å². The number of hydrogen-bond acceptors (Lipinski definition) is 1. The first-order valence-electron chi connectivity index (χ1n) is 5.91. The second-order valence-electron chi connectivity index (χ2n) is 4.35. The number of allylic oxidation sites excluding steroid dienone is 2. The van der Waals surface area contributed by atoms with Crippen LogP contribution in [0.25, 0.3) is 0 Å². The standard InChI is InChI=1S/C15H20O/c1-4-5-6-15(16)11-13-7-9-14(10-8-13)12(2)3/h5-10,12H,4,11H2,1-3H3/b6-5+. The summed E-state index contributed by atoms with van der Waals surface area (Å²) in [7, 11) is 0. The summed E-state index contributed by atoms with van der Waals surface area (Å²) < 4.78 is 0. The van der Waals surface area contributed by atoms with Crippen molar-refractivity contribution in [3.8, 4) is 0 Å². The highest BCUT2D eigenvalue weighted by Crippen LogP contribution is 2.15. The minimum Gasteiger partial charge on any atom is -0.294 e. The van der Waals surface area contributed by atoms with E-state index < -0.39 is 0 Å². The van der Waals surface area contributed by atoms with E-state index in [9.17, 15) is 4.79 Å². The molecule has 0 bridgehead atoms. The summed E-state index contributed by atoms with van der Waals surface area (Å²) in [6.07, 6.45) is 5.01. The highest BCUT2D eigenvalue weighted by molar-refractivity contribution is 5.91. The molecule has 0 amide bonds. The van der Waals surface area contributed by atoms with Crippen molar-refractivity contribution in [2.75, 3.05) is 0 Å². The van der Waals surface area contributed by atoms with Gasteiger partial charge in [0.05, 0.1) is 0 Å². The first-order valence-corrected chi connectivity index (χ1v) is 5.91. The molecule has 0 aliphatic rings. The van der Waals surface area contributed by atoms with Gasteiger partial charge in [-0.2, -0.15) is 0 Å². The molecule has 1 rings (SSSR count). The van der Waals surface area contributed by atoms with Crippen LogP contribution in [0, 0.1) is 0 Å². The molecule has 0 aliphatic heterocycles. The Labute approximate surface area is 98.2 Å². The number of carbonyl (C=O) groups is 1. The van der Waals surface area contributed by atoms with Gasteiger partial charge < -0.3 is 0 Å². The molecule has 1 aromatic carbocycles. The molecular weight excluding hydrogens is 196 g/mol. The number of rotatable bonds is 5. The maximum absolute atomic E-state index is 11.5. The summed E-state index contributed by atoms with van der Waals surface area (Å²) in [6, 6.07) is 8.31. The summed E-state index contributed by atoms with van der Waals surface area (Å²) in [5.41, 5.74) is 2.41. The quantitative estimate of drug-likeness (QED) is 0.682. The van der Waals surface area contributed by atoms with Crippen molar-refractivity contribution in [1.82, 2.24) is 0 Å². The monoisotopic (exact) mass is 216 g/mol. The van der Waals surface area contributed by atoms with Crippen molar-refractivity contribution in [3.05, 3.63) is 47.5 Å². The van der Waals surface area contributed by atoms with Gasteiger partial charge in [0.2, 0.25) is 0 Å². The third-order valence-corrected chi connectivity index (χ3v) is 2.56. The van der Waals surface area contributed by atoms with Crippen LogP contribution >= 0.6 is 0 Å². The highest BCUT2D eigenvalue weighted by atomic mass is 16.1. The van der Waals surface area contributed by atoms with Crippen LogP contribution in [0.15, 0.2) is 36.4 Å². The smallest absolute Gasteiger partial charge is 0.159 e. The van der Waals surface area contributed by atoms with Crippen LogP contribution < -0.4 is 0 Å². The Bertz CT molecular complexity index is 358. The van der Waals surface area contributed by atoms with Crippen LogP contribution in [0.3, 0.4) is 0 Å². The van der Waals surface area contributed by atoms with Crippen LogP contribution in [0.4, 0.5) is 0 Å². The highest BCUT2D eigenvalue weighted by Gasteiger charge is 2.01. The number of benzene rings is 1. The maximum Gasteiger partial charge on any atom is 0.159 e. The van der Waals surface area contributed by atoms with Crippen LogP contribution in [-0.4, -0.2) is 5.78 Å². The van der Waals surface area contributed by atoms with Gasteiger partial charge in [-0.1, -0.05) is 51.1 Å². The third-order valence-electron chi connectivity index (χ3n) is 2.56. The number of carbonyl (C=O) groups excluding carboxylic acids is 1. The van der Waals surface area contributed by atoms with Gasteiger partial charge in [-0.05, 0) is 29.5 Å². The molecule has 1 heteroatoms. The van der Waals surface area contributed by atoms with Crippen molar-refractivity contribution >= 4 is 5.78 Å². The van der Waals surface area contributed by atoms with Crippen LogP contribution in [0.2, 0.25) is 0 Å². The molecule has 0 spiro atoms. The Balaban J connectivity index is 2.62. The Hall–Kier alpha value is -1.37. The fourth-order valence-electron chi connectivity index (χ4n) is 1.53. The lowest BCUT2D eigenvalue weighted by Gasteiger charge is -2.05. The second-order valence-corrected chi connectivity index (χ2v) is 4.35. The van der Waals surface area contributed by atoms with E-state index in [-0.39, 0.29) is 5.78 Å². The van der Waals surface area contributed by atoms with Gasteiger partial charge in [0.1, 0.15) is 0 Å². The normalized spacial score (nSPS) is 11.2. The minimum atomic E-state index is 0.180. The summed E-state index contributed by atoms with van der Waals surface area (Å²) in [4.78, 5) is 11.5. The molecule has 0 unspecified atom stereocenters. The zero-order valence-corrected chi connectivity index (χ0v) is 10.4. The summed E-state index contributed by atoms with van der Waals surface area (Å²) in [5, 5.41) is 0. The molecule has 0 fully saturated rings. The molecule has 1 nitrogen and oxygen atoms in total. The van der Waals surface area contributed by atoms with Gasteiger partial charge in [0.25, 0.3) is 0 Å². The van der Waals surface area contributed by atoms with E-state index in [2.05, 4.69) is 26.0 Å². The van der Waals surface area contributed by atoms with Crippen molar-refractivity contribution in [1.29, 1.82) is 0 Å². The van der Waals surface area contributed by atoms with E-state index in [1.165, 1.54) is 5.56 Å². The van der Waals surface area contributed by atoms with Gasteiger partial charge in [-0.25, -0.2) is 0 Å². The maximum atomic E-state index is 11.5. The van der Waals surface area contributed by atoms with Crippen molar-refractivity contribution < 1.29 is 4.79 Å². The predicted octanol–water partition coefficient (Wildman–Crippen LogP) is 3.89. The molecule has 16 heavy (non-hydrogen) atoms. The number of ketones is 1. The van der Waals surface area contributed by atoms with E-state index >= 15 is 0 Å². The molecule has 0 aliphatic carbocycles. The lowest BCUT2D eigenvalue weighted by atomic mass is 10.00. The zero-order chi connectivity index (χ0) is 12.0. The Kier molecular flexibility index (Phi) is 4.97. The molecule has 86 valence electrons. The van der Waals surface area contributed by atoms with Crippen molar-refractivity contribution in [3.63, 3.8) is 0 Å². The van der Waals surface area contributed by atoms with Crippen LogP contribution in [-0.2, 0) is 11.2 Å². The molecule has 0 saturated carbocycles. The average Bonchev–Trinajstić information content (AvgIpc) is 2.27. The average molecular weight is 216 g/mol. The van der Waals surface area contributed by atoms with Crippen LogP contribution in [0.5, 0.6) is 0 Å². The lowest BCUT2D eigenvalue weighted by molar-refractivity contribution is -0.114. The first kappa shape index (κ1) is 12.7. The van der Waals surface area contributed by atoms with Gasteiger partial charge in [0, 0.05) is 6.42 Å². The van der Waals surface area contributed by atoms with Gasteiger partial charge in [0.15, 0.2) is 5.78 Å². The first-order chi connectivity index (χ1) is 7.63. The predicted molar refractivity (Wildman–Crippen MR) is 68.7 cm³/mol. The second kappa shape index (κ2) is 6.26. The van der Waals surface area contributed by atoms with E-state index in [4.69, 9.17) is 0 Å². The fourth-order valence-corrected chi connectivity index (χ4v) is 1.53.